The summed E-state index contributed by atoms with van der Waals surface area (Å²) >= 11 is 0. The second-order valence-corrected chi connectivity index (χ2v) is 5.55. The number of carbonyl (C=O) groups is 2. The van der Waals surface area contributed by atoms with Crippen molar-refractivity contribution in [2.24, 2.45) is 5.92 Å². The number of hydrogen-bond donors (Lipinski definition) is 3. The molecule has 0 aliphatic carbocycles. The number of Topliss-reactive ketones (excluding diaryl/α,β-unsaturated/α-hetero) is 1. The average molecular weight is 370 g/mol. The molecule has 138 valence electrons. The summed E-state index contributed by atoms with van der Waals surface area (Å²) < 4.78 is 77.4. The van der Waals surface area contributed by atoms with E-state index in [9.17, 15) is 41.0 Å². The van der Waals surface area contributed by atoms with Crippen molar-refractivity contribution < 1.29 is 41.0 Å². The Morgan fingerprint density at radius 2 is 1.64 bits per heavy atom. The van der Waals surface area contributed by atoms with Crippen molar-refractivity contribution >= 4 is 11.8 Å². The zero-order valence-electron chi connectivity index (χ0n) is 12.5. The van der Waals surface area contributed by atoms with E-state index < -0.39 is 47.4 Å². The second-order valence-electron chi connectivity index (χ2n) is 5.55. The summed E-state index contributed by atoms with van der Waals surface area (Å²) in [6.07, 6.45) is -10.0. The molecule has 1 fully saturated rings. The normalized spacial score (nSPS) is 27.4. The molecule has 25 heavy (non-hydrogen) atoms. The highest BCUT2D eigenvalue weighted by Gasteiger charge is 2.65. The first-order valence-corrected chi connectivity index (χ1v) is 6.83. The van der Waals surface area contributed by atoms with E-state index in [1.807, 2.05) is 5.32 Å². The van der Waals surface area contributed by atoms with Crippen LogP contribution in [-0.4, -0.2) is 28.8 Å². The van der Waals surface area contributed by atoms with Crippen molar-refractivity contribution in [3.63, 3.8) is 0 Å². The maximum Gasteiger partial charge on any atom is 0.437 e. The van der Waals surface area contributed by atoms with Gasteiger partial charge in [0.05, 0.1) is 17.5 Å². The Hall–Kier alpha value is -2.30. The van der Waals surface area contributed by atoms with Gasteiger partial charge in [0.15, 0.2) is 0 Å². The summed E-state index contributed by atoms with van der Waals surface area (Å²) in [5, 5.41) is 13.2. The minimum Gasteiger partial charge on any atom is -0.363 e. The Balaban J connectivity index is 2.51. The van der Waals surface area contributed by atoms with E-state index in [-0.39, 0.29) is 5.56 Å². The number of urea groups is 1. The Labute approximate surface area is 137 Å². The molecule has 0 saturated carbocycles. The van der Waals surface area contributed by atoms with Gasteiger partial charge in [-0.15, -0.1) is 0 Å². The standard InChI is InChI=1S/C14H12F6N2O3/c1-6(23)9-10(7-2-4-8(5-3-7)13(15,16)17)21-11(24)22-12(9,25)14(18,19)20/h2-5,9-10,25H,1H3,(H2,21,22,24)/t9-,10+,12-/m1/s1. The molecular weight excluding hydrogens is 358 g/mol. The molecule has 2 rings (SSSR count). The summed E-state index contributed by atoms with van der Waals surface area (Å²) in [5.74, 6) is -3.31. The first kappa shape index (κ1) is 19.0. The number of rotatable bonds is 2. The summed E-state index contributed by atoms with van der Waals surface area (Å²) in [7, 11) is 0. The number of benzene rings is 1. The molecule has 3 atom stereocenters. The number of aliphatic hydroxyl groups is 1. The molecule has 0 radical (unpaired) electrons. The van der Waals surface area contributed by atoms with Crippen molar-refractivity contribution in [2.45, 2.75) is 31.0 Å². The van der Waals surface area contributed by atoms with Gasteiger partial charge in [-0.1, -0.05) is 12.1 Å². The number of carbonyl (C=O) groups excluding carboxylic acids is 2. The van der Waals surface area contributed by atoms with E-state index in [1.54, 1.807) is 0 Å². The van der Waals surface area contributed by atoms with Crippen LogP contribution >= 0.6 is 0 Å². The average Bonchev–Trinajstić information content (AvgIpc) is 2.44. The SMILES string of the molecule is CC(=O)[C@@H]1[C@H](c2ccc(C(F)(F)F)cc2)NC(=O)N[C@]1(O)C(F)(F)F. The second kappa shape index (κ2) is 5.90. The van der Waals surface area contributed by atoms with Gasteiger partial charge in [-0.2, -0.15) is 26.3 Å². The van der Waals surface area contributed by atoms with Crippen LogP contribution in [0.4, 0.5) is 31.1 Å². The van der Waals surface area contributed by atoms with E-state index in [2.05, 4.69) is 0 Å². The van der Waals surface area contributed by atoms with Crippen molar-refractivity contribution in [3.05, 3.63) is 35.4 Å². The summed E-state index contributed by atoms with van der Waals surface area (Å²) in [5.41, 5.74) is -5.10. The molecule has 11 heteroatoms. The van der Waals surface area contributed by atoms with Crippen molar-refractivity contribution in [1.29, 1.82) is 0 Å². The third-order valence-electron chi connectivity index (χ3n) is 3.84. The molecule has 0 spiro atoms. The van der Waals surface area contributed by atoms with Gasteiger partial charge in [0.25, 0.3) is 0 Å². The molecule has 1 saturated heterocycles. The summed E-state index contributed by atoms with van der Waals surface area (Å²) in [4.78, 5) is 23.3. The third-order valence-corrected chi connectivity index (χ3v) is 3.84. The Morgan fingerprint density at radius 1 is 1.12 bits per heavy atom. The molecule has 0 aromatic heterocycles. The van der Waals surface area contributed by atoms with E-state index in [1.165, 1.54) is 5.32 Å². The van der Waals surface area contributed by atoms with Crippen LogP contribution < -0.4 is 10.6 Å². The third kappa shape index (κ3) is 3.41. The van der Waals surface area contributed by atoms with E-state index in [0.717, 1.165) is 19.1 Å². The van der Waals surface area contributed by atoms with Gasteiger partial charge >= 0.3 is 18.4 Å². The lowest BCUT2D eigenvalue weighted by Crippen LogP contribution is -2.72. The number of nitrogens with one attached hydrogen (secondary N) is 2. The maximum atomic E-state index is 13.2. The summed E-state index contributed by atoms with van der Waals surface area (Å²) in [6.45, 7) is 0.775. The molecule has 2 amide bonds. The van der Waals surface area contributed by atoms with Gasteiger partial charge in [0.2, 0.25) is 5.72 Å². The number of halogens is 6. The number of alkyl halides is 6. The van der Waals surface area contributed by atoms with E-state index in [0.29, 0.717) is 12.1 Å². The monoisotopic (exact) mass is 370 g/mol. The van der Waals surface area contributed by atoms with Crippen LogP contribution in [-0.2, 0) is 11.0 Å². The van der Waals surface area contributed by atoms with Crippen molar-refractivity contribution in [2.75, 3.05) is 0 Å². The topological polar surface area (TPSA) is 78.4 Å². The molecule has 0 unspecified atom stereocenters. The largest absolute Gasteiger partial charge is 0.437 e. The highest BCUT2D eigenvalue weighted by atomic mass is 19.4. The van der Waals surface area contributed by atoms with Crippen LogP contribution in [0.5, 0.6) is 0 Å². The predicted octanol–water partition coefficient (Wildman–Crippen LogP) is 2.52. The fourth-order valence-corrected chi connectivity index (χ4v) is 2.68. The minimum absolute atomic E-state index is 0.189. The van der Waals surface area contributed by atoms with Crippen molar-refractivity contribution in [3.8, 4) is 0 Å². The maximum absolute atomic E-state index is 13.2. The van der Waals surface area contributed by atoms with Crippen LogP contribution in [0.25, 0.3) is 0 Å². The highest BCUT2D eigenvalue weighted by Crippen LogP contribution is 2.43. The molecule has 0 bridgehead atoms. The number of hydrogen-bond acceptors (Lipinski definition) is 3. The fraction of sp³-hybridized carbons (Fsp3) is 0.429. The predicted molar refractivity (Wildman–Crippen MR) is 71.0 cm³/mol. The lowest BCUT2D eigenvalue weighted by atomic mass is 9.79. The van der Waals surface area contributed by atoms with Crippen LogP contribution in [0, 0.1) is 5.92 Å². The number of ketones is 1. The van der Waals surface area contributed by atoms with Crippen LogP contribution in [0.2, 0.25) is 0 Å². The zero-order valence-corrected chi connectivity index (χ0v) is 12.5. The van der Waals surface area contributed by atoms with E-state index >= 15 is 0 Å². The first-order chi connectivity index (χ1) is 11.3. The van der Waals surface area contributed by atoms with Crippen molar-refractivity contribution in [1.82, 2.24) is 10.6 Å². The van der Waals surface area contributed by atoms with Gasteiger partial charge in [-0.3, -0.25) is 4.79 Å². The van der Waals surface area contributed by atoms with Crippen LogP contribution in [0.3, 0.4) is 0 Å². The first-order valence-electron chi connectivity index (χ1n) is 6.83. The van der Waals surface area contributed by atoms with Gasteiger partial charge < -0.3 is 15.7 Å². The van der Waals surface area contributed by atoms with Crippen LogP contribution in [0.15, 0.2) is 24.3 Å². The Bertz CT molecular complexity index is 685. The number of amides is 2. The zero-order chi connectivity index (χ0) is 19.2. The Kier molecular flexibility index (Phi) is 4.49. The molecular formula is C14H12F6N2O3. The molecule has 1 aromatic carbocycles. The lowest BCUT2D eigenvalue weighted by Gasteiger charge is -2.44. The molecule has 5 nitrogen and oxygen atoms in total. The summed E-state index contributed by atoms with van der Waals surface area (Å²) in [6, 6.07) is -0.194. The van der Waals surface area contributed by atoms with Gasteiger partial charge in [-0.05, 0) is 24.6 Å². The lowest BCUT2D eigenvalue weighted by molar-refractivity contribution is -0.290. The van der Waals surface area contributed by atoms with Gasteiger partial charge in [0, 0.05) is 0 Å². The Morgan fingerprint density at radius 3 is 2.04 bits per heavy atom. The van der Waals surface area contributed by atoms with Gasteiger partial charge in [0.1, 0.15) is 5.78 Å². The molecule has 1 aliphatic rings. The fourth-order valence-electron chi connectivity index (χ4n) is 2.68. The molecule has 1 aromatic rings. The quantitative estimate of drug-likeness (QED) is 0.700. The molecule has 3 N–H and O–H groups in total. The minimum atomic E-state index is -5.38. The highest BCUT2D eigenvalue weighted by molar-refractivity contribution is 5.86. The van der Waals surface area contributed by atoms with Crippen LogP contribution in [0.1, 0.15) is 24.1 Å². The van der Waals surface area contributed by atoms with Gasteiger partial charge in [-0.25, -0.2) is 4.79 Å². The molecule has 1 heterocycles. The molecule has 1 aliphatic heterocycles. The smallest absolute Gasteiger partial charge is 0.363 e. The van der Waals surface area contributed by atoms with E-state index in [4.69, 9.17) is 0 Å².